The van der Waals surface area contributed by atoms with E-state index in [0.29, 0.717) is 5.92 Å². The summed E-state index contributed by atoms with van der Waals surface area (Å²) in [7, 11) is 0. The Bertz CT molecular complexity index is 260. The molecule has 0 saturated heterocycles. The molecule has 0 aliphatic carbocycles. The van der Waals surface area contributed by atoms with Gasteiger partial charge in [0.25, 0.3) is 0 Å². The molecule has 0 heterocycles. The molecule has 0 spiro atoms. The summed E-state index contributed by atoms with van der Waals surface area (Å²) in [4.78, 5) is 0. The fourth-order valence-electron chi connectivity index (χ4n) is 1.94. The first-order chi connectivity index (χ1) is 6.93. The van der Waals surface area contributed by atoms with Gasteiger partial charge < -0.3 is 5.11 Å². The van der Waals surface area contributed by atoms with Gasteiger partial charge in [-0.3, -0.25) is 0 Å². The van der Waals surface area contributed by atoms with E-state index in [1.807, 2.05) is 33.8 Å². The highest BCUT2D eigenvalue weighted by atomic mass is 16.3. The fourth-order valence-corrected chi connectivity index (χ4v) is 1.94. The molecule has 0 aliphatic rings. The molecular weight excluding hydrogens is 188 g/mol. The Morgan fingerprint density at radius 3 is 1.87 bits per heavy atom. The predicted molar refractivity (Wildman–Crippen MR) is 58.5 cm³/mol. The molecule has 84 valence electrons. The molecule has 0 bridgehead atoms. The minimum absolute atomic E-state index is 0.142. The maximum Gasteiger partial charge on any atom is 0.144 e. The summed E-state index contributed by atoms with van der Waals surface area (Å²) in [6.45, 7) is 7.97. The van der Waals surface area contributed by atoms with Crippen molar-refractivity contribution in [1.82, 2.24) is 0 Å². The molecule has 0 fully saturated rings. The Hall–Kier alpha value is -1.06. The van der Waals surface area contributed by atoms with E-state index in [4.69, 9.17) is 10.5 Å². The number of nitriles is 2. The van der Waals surface area contributed by atoms with E-state index in [1.54, 1.807) is 0 Å². The zero-order valence-corrected chi connectivity index (χ0v) is 9.94. The van der Waals surface area contributed by atoms with Crippen LogP contribution in [0.2, 0.25) is 0 Å². The fraction of sp³-hybridized carbons (Fsp3) is 0.833. The quantitative estimate of drug-likeness (QED) is 0.705. The SMILES string of the molecule is CC(C)CC(C#N)C(C(C)C)C(O)C#N. The Morgan fingerprint density at radius 1 is 1.07 bits per heavy atom. The number of nitrogens with zero attached hydrogens (tertiary/aromatic N) is 2. The molecule has 3 unspecified atom stereocenters. The van der Waals surface area contributed by atoms with Crippen molar-refractivity contribution in [2.45, 2.75) is 40.2 Å². The maximum atomic E-state index is 9.59. The van der Waals surface area contributed by atoms with Crippen molar-refractivity contribution in [1.29, 1.82) is 10.5 Å². The first-order valence-electron chi connectivity index (χ1n) is 5.41. The van der Waals surface area contributed by atoms with Gasteiger partial charge >= 0.3 is 0 Å². The summed E-state index contributed by atoms with van der Waals surface area (Å²) < 4.78 is 0. The molecule has 0 saturated carbocycles. The van der Waals surface area contributed by atoms with Gasteiger partial charge in [-0.05, 0) is 18.3 Å². The van der Waals surface area contributed by atoms with Crippen LogP contribution in [-0.4, -0.2) is 11.2 Å². The summed E-state index contributed by atoms with van der Waals surface area (Å²) in [5.74, 6) is 0.0619. The van der Waals surface area contributed by atoms with Crippen molar-refractivity contribution in [2.24, 2.45) is 23.7 Å². The molecule has 3 nitrogen and oxygen atoms in total. The molecule has 0 radical (unpaired) electrons. The van der Waals surface area contributed by atoms with Gasteiger partial charge in [-0.15, -0.1) is 0 Å². The number of rotatable bonds is 5. The molecule has 0 aliphatic heterocycles. The molecule has 0 rings (SSSR count). The van der Waals surface area contributed by atoms with Crippen molar-refractivity contribution >= 4 is 0 Å². The van der Waals surface area contributed by atoms with Gasteiger partial charge in [-0.1, -0.05) is 27.7 Å². The monoisotopic (exact) mass is 208 g/mol. The van der Waals surface area contributed by atoms with Gasteiger partial charge in [0, 0.05) is 5.92 Å². The minimum atomic E-state index is -1.03. The van der Waals surface area contributed by atoms with Gasteiger partial charge in [0.15, 0.2) is 0 Å². The lowest BCUT2D eigenvalue weighted by Crippen LogP contribution is -2.31. The standard InChI is InChI=1S/C12H20N2O/c1-8(2)5-10(6-13)12(9(3)4)11(15)7-14/h8-12,15H,5H2,1-4H3. The van der Waals surface area contributed by atoms with Crippen LogP contribution in [0.4, 0.5) is 0 Å². The van der Waals surface area contributed by atoms with Crippen LogP contribution in [0.15, 0.2) is 0 Å². The second-order valence-electron chi connectivity index (χ2n) is 4.76. The lowest BCUT2D eigenvalue weighted by Gasteiger charge is -2.27. The minimum Gasteiger partial charge on any atom is -0.378 e. The van der Waals surface area contributed by atoms with Gasteiger partial charge in [0.2, 0.25) is 0 Å². The highest BCUT2D eigenvalue weighted by molar-refractivity contribution is 4.99. The van der Waals surface area contributed by atoms with Gasteiger partial charge in [0.05, 0.1) is 18.1 Å². The average molecular weight is 208 g/mol. The van der Waals surface area contributed by atoms with E-state index in [-0.39, 0.29) is 17.8 Å². The largest absolute Gasteiger partial charge is 0.378 e. The maximum absolute atomic E-state index is 9.59. The van der Waals surface area contributed by atoms with Gasteiger partial charge in [-0.25, -0.2) is 0 Å². The Kier molecular flexibility index (Phi) is 5.97. The van der Waals surface area contributed by atoms with Crippen LogP contribution < -0.4 is 0 Å². The van der Waals surface area contributed by atoms with E-state index in [0.717, 1.165) is 6.42 Å². The molecule has 15 heavy (non-hydrogen) atoms. The molecule has 0 aromatic rings. The summed E-state index contributed by atoms with van der Waals surface area (Å²) in [6.07, 6.45) is -0.300. The van der Waals surface area contributed by atoms with Crippen molar-refractivity contribution in [3.63, 3.8) is 0 Å². The van der Waals surface area contributed by atoms with E-state index < -0.39 is 6.10 Å². The van der Waals surface area contributed by atoms with E-state index >= 15 is 0 Å². The third kappa shape index (κ3) is 4.32. The van der Waals surface area contributed by atoms with E-state index in [1.165, 1.54) is 0 Å². The second-order valence-corrected chi connectivity index (χ2v) is 4.76. The van der Waals surface area contributed by atoms with Crippen molar-refractivity contribution in [2.75, 3.05) is 0 Å². The van der Waals surface area contributed by atoms with Gasteiger partial charge in [-0.2, -0.15) is 10.5 Å². The summed E-state index contributed by atoms with van der Waals surface area (Å²) >= 11 is 0. The molecule has 1 N–H and O–H groups in total. The van der Waals surface area contributed by atoms with Crippen LogP contribution in [0.3, 0.4) is 0 Å². The predicted octanol–water partition coefficient (Wildman–Crippen LogP) is 2.33. The number of aliphatic hydroxyl groups is 1. The lowest BCUT2D eigenvalue weighted by molar-refractivity contribution is 0.0937. The van der Waals surface area contributed by atoms with E-state index in [9.17, 15) is 5.11 Å². The summed E-state index contributed by atoms with van der Waals surface area (Å²) in [5.41, 5.74) is 0. The first-order valence-corrected chi connectivity index (χ1v) is 5.41. The second kappa shape index (κ2) is 6.43. The third-order valence-electron chi connectivity index (χ3n) is 2.62. The first kappa shape index (κ1) is 13.9. The molecular formula is C12H20N2O. The number of hydrogen-bond donors (Lipinski definition) is 1. The van der Waals surface area contributed by atoms with Gasteiger partial charge in [0.1, 0.15) is 6.10 Å². The zero-order valence-electron chi connectivity index (χ0n) is 9.94. The van der Waals surface area contributed by atoms with Crippen molar-refractivity contribution in [3.8, 4) is 12.1 Å². The van der Waals surface area contributed by atoms with Crippen LogP contribution in [0.5, 0.6) is 0 Å². The smallest absolute Gasteiger partial charge is 0.144 e. The molecule has 0 amide bonds. The van der Waals surface area contributed by atoms with Crippen molar-refractivity contribution in [3.05, 3.63) is 0 Å². The topological polar surface area (TPSA) is 67.8 Å². The summed E-state index contributed by atoms with van der Waals surface area (Å²) in [5, 5.41) is 27.4. The third-order valence-corrected chi connectivity index (χ3v) is 2.62. The number of hydrogen-bond acceptors (Lipinski definition) is 3. The van der Waals surface area contributed by atoms with E-state index in [2.05, 4.69) is 6.07 Å². The van der Waals surface area contributed by atoms with Crippen LogP contribution in [0.1, 0.15) is 34.1 Å². The Morgan fingerprint density at radius 2 is 1.60 bits per heavy atom. The molecule has 0 aromatic heterocycles. The summed E-state index contributed by atoms with van der Waals surface area (Å²) in [6, 6.07) is 4.06. The Balaban J connectivity index is 4.74. The van der Waals surface area contributed by atoms with Crippen LogP contribution >= 0.6 is 0 Å². The molecule has 0 aromatic carbocycles. The van der Waals surface area contributed by atoms with Crippen LogP contribution in [0, 0.1) is 46.3 Å². The highest BCUT2D eigenvalue weighted by Gasteiger charge is 2.31. The van der Waals surface area contributed by atoms with Crippen LogP contribution in [0.25, 0.3) is 0 Å². The van der Waals surface area contributed by atoms with Crippen LogP contribution in [-0.2, 0) is 0 Å². The normalized spacial score (nSPS) is 16.9. The highest BCUT2D eigenvalue weighted by Crippen LogP contribution is 2.29. The van der Waals surface area contributed by atoms with Crippen molar-refractivity contribution < 1.29 is 5.11 Å². The zero-order chi connectivity index (χ0) is 12.0. The number of aliphatic hydroxyl groups excluding tert-OH is 1. The Labute approximate surface area is 92.3 Å². The molecule has 3 atom stereocenters. The lowest BCUT2D eigenvalue weighted by atomic mass is 9.77. The molecule has 3 heteroatoms. The average Bonchev–Trinajstić information content (AvgIpc) is 2.15.